The van der Waals surface area contributed by atoms with E-state index in [1.165, 1.54) is 18.7 Å². The third kappa shape index (κ3) is 9.21. The molecular weight excluding hydrogens is 678 g/mol. The van der Waals surface area contributed by atoms with Crippen molar-refractivity contribution in [3.63, 3.8) is 0 Å². The van der Waals surface area contributed by atoms with Gasteiger partial charge in [0.05, 0.1) is 11.8 Å². The number of rotatable bonds is 5. The molecule has 5 atom stereocenters. The molecule has 2 fully saturated rings. The monoisotopic (exact) mass is 729 g/mol. The zero-order valence-electron chi connectivity index (χ0n) is 30.1. The molecule has 5 amide bonds. The number of ether oxygens (including phenoxy) is 2. The maximum Gasteiger partial charge on any atom is 0.410 e. The van der Waals surface area contributed by atoms with Crippen LogP contribution < -0.4 is 15.4 Å². The summed E-state index contributed by atoms with van der Waals surface area (Å²) in [6, 6.07) is 5.63. The van der Waals surface area contributed by atoms with Gasteiger partial charge in [-0.1, -0.05) is 49.3 Å². The molecular formula is C36H51N5O9S. The van der Waals surface area contributed by atoms with Gasteiger partial charge in [-0.25, -0.2) is 18.0 Å². The number of carbonyl (C=O) groups is 5. The van der Waals surface area contributed by atoms with Crippen molar-refractivity contribution in [3.05, 3.63) is 47.5 Å². The summed E-state index contributed by atoms with van der Waals surface area (Å²) in [7, 11) is -4.01. The quantitative estimate of drug-likeness (QED) is 0.384. The Balaban J connectivity index is 1.41. The molecule has 3 heterocycles. The molecule has 1 saturated heterocycles. The third-order valence-electron chi connectivity index (χ3n) is 9.85. The van der Waals surface area contributed by atoms with Crippen molar-refractivity contribution in [1.82, 2.24) is 25.2 Å². The molecule has 0 spiro atoms. The van der Waals surface area contributed by atoms with Crippen LogP contribution in [0, 0.1) is 5.92 Å². The number of nitrogens with zero attached hydrogens (tertiary/aromatic N) is 2. The predicted octanol–water partition coefficient (Wildman–Crippen LogP) is 3.29. The van der Waals surface area contributed by atoms with Crippen LogP contribution in [0.3, 0.4) is 0 Å². The van der Waals surface area contributed by atoms with Crippen molar-refractivity contribution in [1.29, 1.82) is 0 Å². The van der Waals surface area contributed by atoms with Gasteiger partial charge in [-0.15, -0.1) is 0 Å². The number of sulfonamides is 1. The van der Waals surface area contributed by atoms with Crippen molar-refractivity contribution in [2.75, 3.05) is 13.1 Å². The molecule has 0 aromatic heterocycles. The van der Waals surface area contributed by atoms with Crippen molar-refractivity contribution < 1.29 is 41.9 Å². The molecule has 1 saturated carbocycles. The fourth-order valence-electron chi connectivity index (χ4n) is 6.82. The van der Waals surface area contributed by atoms with Crippen LogP contribution >= 0.6 is 0 Å². The Morgan fingerprint density at radius 3 is 2.49 bits per heavy atom. The summed E-state index contributed by atoms with van der Waals surface area (Å²) in [6.07, 6.45) is 5.38. The van der Waals surface area contributed by atoms with Crippen LogP contribution in [0.5, 0.6) is 0 Å². The fourth-order valence-corrected chi connectivity index (χ4v) is 7.50. The zero-order valence-corrected chi connectivity index (χ0v) is 30.9. The number of alkyl carbamates (subject to hydrolysis) is 1. The van der Waals surface area contributed by atoms with E-state index in [-0.39, 0.29) is 25.8 Å². The second-order valence-electron chi connectivity index (χ2n) is 15.2. The first kappa shape index (κ1) is 38.1. The molecule has 0 bridgehead atoms. The molecule has 51 heavy (non-hydrogen) atoms. The minimum absolute atomic E-state index is 0.0601. The van der Waals surface area contributed by atoms with E-state index in [4.69, 9.17) is 9.47 Å². The van der Waals surface area contributed by atoms with E-state index < -0.39 is 80.4 Å². The summed E-state index contributed by atoms with van der Waals surface area (Å²) in [5.74, 6) is -2.55. The highest BCUT2D eigenvalue weighted by atomic mass is 32.2. The Morgan fingerprint density at radius 2 is 1.78 bits per heavy atom. The van der Waals surface area contributed by atoms with Gasteiger partial charge in [0, 0.05) is 25.4 Å². The van der Waals surface area contributed by atoms with Crippen LogP contribution in [-0.2, 0) is 46.8 Å². The number of benzene rings is 1. The van der Waals surface area contributed by atoms with Crippen molar-refractivity contribution in [3.8, 4) is 0 Å². The molecule has 0 radical (unpaired) electrons. The topological polar surface area (TPSA) is 181 Å². The van der Waals surface area contributed by atoms with E-state index in [1.807, 2.05) is 36.4 Å². The first-order chi connectivity index (χ1) is 24.0. The standard InChI is InChI=1S/C36H51N5O9S/c1-23(2)51(47,48)39-32(44)36-20-26(36)15-9-7-6-8-10-16-28(37-33(45)50-35(3,4)5)31(43)41-22-27(19-29(41)30(42)38-36)49-34(46)40-18-17-24-13-11-12-14-25(24)21-40/h9,11-15,23,26-29H,6-8,10,16-22H2,1-5H3,(H,37,45)(H,38,42)(H,39,44)/b15-9+/t26-,27-,28+,29+,36-/m1/s1. The number of carbonyl (C=O) groups excluding carboxylic acids is 5. The lowest BCUT2D eigenvalue weighted by Crippen LogP contribution is -2.58. The van der Waals surface area contributed by atoms with Gasteiger partial charge in [0.15, 0.2) is 0 Å². The van der Waals surface area contributed by atoms with Gasteiger partial charge in [0.2, 0.25) is 21.8 Å². The molecule has 1 aliphatic carbocycles. The highest BCUT2D eigenvalue weighted by molar-refractivity contribution is 7.90. The molecule has 280 valence electrons. The zero-order chi connectivity index (χ0) is 37.1. The minimum atomic E-state index is -4.01. The summed E-state index contributed by atoms with van der Waals surface area (Å²) in [5, 5.41) is 4.61. The summed E-state index contributed by atoms with van der Waals surface area (Å²) in [5.41, 5.74) is -0.190. The van der Waals surface area contributed by atoms with Gasteiger partial charge in [-0.3, -0.25) is 19.1 Å². The van der Waals surface area contributed by atoms with E-state index >= 15 is 0 Å². The lowest BCUT2D eigenvalue weighted by atomic mass is 10.0. The highest BCUT2D eigenvalue weighted by Gasteiger charge is 2.61. The number of allylic oxidation sites excluding steroid dienone is 1. The van der Waals surface area contributed by atoms with Crippen LogP contribution in [-0.4, -0.2) is 95.8 Å². The number of amides is 5. The second-order valence-corrected chi connectivity index (χ2v) is 17.5. The maximum absolute atomic E-state index is 14.3. The Morgan fingerprint density at radius 1 is 1.06 bits per heavy atom. The van der Waals surface area contributed by atoms with Crippen molar-refractivity contribution in [2.24, 2.45) is 5.92 Å². The first-order valence-corrected chi connectivity index (χ1v) is 19.4. The average Bonchev–Trinajstić information content (AvgIpc) is 3.58. The van der Waals surface area contributed by atoms with Crippen LogP contribution in [0.25, 0.3) is 0 Å². The molecule has 14 nitrogen and oxygen atoms in total. The molecule has 3 N–H and O–H groups in total. The van der Waals surface area contributed by atoms with Crippen molar-refractivity contribution in [2.45, 2.75) is 127 Å². The van der Waals surface area contributed by atoms with Crippen LogP contribution in [0.2, 0.25) is 0 Å². The summed E-state index contributed by atoms with van der Waals surface area (Å²) in [4.78, 5) is 71.3. The molecule has 1 aromatic rings. The number of hydrogen-bond donors (Lipinski definition) is 3. The fraction of sp³-hybridized carbons (Fsp3) is 0.639. The average molecular weight is 730 g/mol. The van der Waals surface area contributed by atoms with Gasteiger partial charge in [0.1, 0.15) is 29.3 Å². The largest absolute Gasteiger partial charge is 0.444 e. The van der Waals surface area contributed by atoms with Gasteiger partial charge in [-0.05, 0) is 77.8 Å². The number of fused-ring (bicyclic) bond motifs is 3. The lowest BCUT2D eigenvalue weighted by Gasteiger charge is -2.30. The molecule has 3 aliphatic heterocycles. The Hall–Kier alpha value is -4.14. The van der Waals surface area contributed by atoms with Gasteiger partial charge in [-0.2, -0.15) is 0 Å². The summed E-state index contributed by atoms with van der Waals surface area (Å²) >= 11 is 0. The smallest absolute Gasteiger partial charge is 0.410 e. The van der Waals surface area contributed by atoms with Crippen LogP contribution in [0.1, 0.15) is 90.7 Å². The van der Waals surface area contributed by atoms with E-state index in [1.54, 1.807) is 25.7 Å². The molecule has 5 rings (SSSR count). The second kappa shape index (κ2) is 15.2. The SMILES string of the molecule is CC(C)S(=O)(=O)NC(=O)[C@@]12C[C@H]1/C=C/CCCCC[C@H](NC(=O)OC(C)(C)C)C(=O)N1C[C@H](OC(=O)N3CCc4ccccc4C3)C[C@H]1C(=O)N2. The normalized spacial score (nSPS) is 27.8. The molecule has 15 heteroatoms. The van der Waals surface area contributed by atoms with Crippen LogP contribution in [0.4, 0.5) is 9.59 Å². The van der Waals surface area contributed by atoms with E-state index in [0.717, 1.165) is 24.0 Å². The minimum Gasteiger partial charge on any atom is -0.444 e. The van der Waals surface area contributed by atoms with E-state index in [0.29, 0.717) is 32.4 Å². The van der Waals surface area contributed by atoms with Gasteiger partial charge in [0.25, 0.3) is 5.91 Å². The van der Waals surface area contributed by atoms with E-state index in [2.05, 4.69) is 15.4 Å². The highest BCUT2D eigenvalue weighted by Crippen LogP contribution is 2.46. The first-order valence-electron chi connectivity index (χ1n) is 17.9. The number of hydrogen-bond acceptors (Lipinski definition) is 9. The lowest BCUT2D eigenvalue weighted by molar-refractivity contribution is -0.141. The van der Waals surface area contributed by atoms with Gasteiger partial charge < -0.3 is 29.9 Å². The predicted molar refractivity (Wildman–Crippen MR) is 188 cm³/mol. The van der Waals surface area contributed by atoms with Crippen LogP contribution in [0.15, 0.2) is 36.4 Å². The van der Waals surface area contributed by atoms with E-state index in [9.17, 15) is 32.4 Å². The molecule has 0 unspecified atom stereocenters. The molecule has 4 aliphatic rings. The third-order valence-corrected chi connectivity index (χ3v) is 11.6. The maximum atomic E-state index is 14.3. The summed E-state index contributed by atoms with van der Waals surface area (Å²) in [6.45, 7) is 8.71. The number of nitrogens with one attached hydrogen (secondary N) is 3. The van der Waals surface area contributed by atoms with Crippen molar-refractivity contribution >= 4 is 39.9 Å². The summed E-state index contributed by atoms with van der Waals surface area (Å²) < 4.78 is 38.9. The molecule has 1 aromatic carbocycles. The van der Waals surface area contributed by atoms with Gasteiger partial charge >= 0.3 is 12.2 Å². The Labute approximate surface area is 300 Å². The Kier molecular flexibility index (Phi) is 11.4. The Bertz CT molecular complexity index is 1660.